The van der Waals surface area contributed by atoms with E-state index in [0.29, 0.717) is 17.1 Å². The van der Waals surface area contributed by atoms with Gasteiger partial charge in [-0.05, 0) is 31.8 Å². The first-order valence-corrected chi connectivity index (χ1v) is 14.5. The number of para-hydroxylation sites is 1. The van der Waals surface area contributed by atoms with E-state index in [1.165, 1.54) is 23.6 Å². The molecule has 11 heteroatoms. The molecule has 3 rings (SSSR count). The molecule has 2 heterocycles. The van der Waals surface area contributed by atoms with E-state index in [0.717, 1.165) is 0 Å². The first-order chi connectivity index (χ1) is 15.1. The molecule has 1 unspecified atom stereocenters. The number of esters is 1. The minimum atomic E-state index is -2.24. The van der Waals surface area contributed by atoms with E-state index in [2.05, 4.69) is 5.32 Å². The Hall–Kier alpha value is -2.79. The second kappa shape index (κ2) is 9.78. The van der Waals surface area contributed by atoms with Gasteiger partial charge in [-0.25, -0.2) is 4.79 Å². The predicted molar refractivity (Wildman–Crippen MR) is 120 cm³/mol. The second-order valence-corrected chi connectivity index (χ2v) is 13.8. The average molecular weight is 479 g/mol. The third kappa shape index (κ3) is 5.71. The molecule has 0 bridgehead atoms. The quantitative estimate of drug-likeness (QED) is 0.341. The number of rotatable bonds is 8. The van der Waals surface area contributed by atoms with Crippen LogP contribution in [0.25, 0.3) is 0 Å². The second-order valence-electron chi connectivity index (χ2n) is 8.29. The Morgan fingerprint density at radius 1 is 1.19 bits per heavy atom. The molecule has 2 aliphatic heterocycles. The van der Waals surface area contributed by atoms with Gasteiger partial charge in [-0.2, -0.15) is 0 Å². The van der Waals surface area contributed by atoms with Gasteiger partial charge < -0.3 is 19.2 Å². The average Bonchev–Trinajstić information content (AvgIpc) is 2.73. The summed E-state index contributed by atoms with van der Waals surface area (Å²) in [5.41, 5.74) is 0.615. The summed E-state index contributed by atoms with van der Waals surface area (Å²) < 4.78 is 16.1. The van der Waals surface area contributed by atoms with Crippen molar-refractivity contribution in [3.05, 3.63) is 41.6 Å². The molecular formula is C21H26N2O7SSi. The minimum Gasteiger partial charge on any atom is -0.515 e. The molecule has 1 aromatic carbocycles. The molecule has 1 N–H and O–H groups in total. The maximum atomic E-state index is 12.9. The predicted octanol–water partition coefficient (Wildman–Crippen LogP) is 1.66. The van der Waals surface area contributed by atoms with E-state index >= 15 is 0 Å². The van der Waals surface area contributed by atoms with Gasteiger partial charge in [0.2, 0.25) is 8.32 Å². The topological polar surface area (TPSA) is 111 Å². The third-order valence-electron chi connectivity index (χ3n) is 4.52. The molecule has 2 amide bonds. The normalized spacial score (nSPS) is 20.1. The molecular weight excluding hydrogens is 452 g/mol. The van der Waals surface area contributed by atoms with Crippen LogP contribution in [-0.2, 0) is 28.3 Å². The summed E-state index contributed by atoms with van der Waals surface area (Å²) in [5, 5.41) is 2.23. The van der Waals surface area contributed by atoms with Crippen molar-refractivity contribution in [2.24, 2.45) is 0 Å². The van der Waals surface area contributed by atoms with Crippen molar-refractivity contribution in [2.75, 3.05) is 19.0 Å². The van der Waals surface area contributed by atoms with Crippen LogP contribution in [0.5, 0.6) is 5.75 Å². The summed E-state index contributed by atoms with van der Waals surface area (Å²) in [4.78, 5) is 50.7. The Morgan fingerprint density at radius 2 is 1.88 bits per heavy atom. The monoisotopic (exact) mass is 478 g/mol. The van der Waals surface area contributed by atoms with Crippen LogP contribution in [0.2, 0.25) is 19.6 Å². The number of hydrogen-bond acceptors (Lipinski definition) is 8. The fourth-order valence-electron chi connectivity index (χ4n) is 3.18. The molecule has 32 heavy (non-hydrogen) atoms. The Bertz CT molecular complexity index is 945. The molecule has 1 fully saturated rings. The highest BCUT2D eigenvalue weighted by molar-refractivity contribution is 8.00. The van der Waals surface area contributed by atoms with Crippen LogP contribution in [0.15, 0.2) is 41.6 Å². The van der Waals surface area contributed by atoms with Gasteiger partial charge in [-0.15, -0.1) is 11.8 Å². The number of benzene rings is 1. The SMILES string of the molecule is CC(=O)OCC1=C(C(=O)O[Si](C)(C)C)N2C(=O)C(NC(=O)COc3ccccc3)[C@@H]2SC1. The first kappa shape index (κ1) is 23.9. The van der Waals surface area contributed by atoms with Gasteiger partial charge in [0.15, 0.2) is 6.61 Å². The summed E-state index contributed by atoms with van der Waals surface area (Å²) in [5.74, 6) is -1.04. The Morgan fingerprint density at radius 3 is 2.50 bits per heavy atom. The van der Waals surface area contributed by atoms with E-state index in [1.807, 2.05) is 25.7 Å². The van der Waals surface area contributed by atoms with Crippen LogP contribution < -0.4 is 10.1 Å². The van der Waals surface area contributed by atoms with Crippen molar-refractivity contribution in [3.8, 4) is 5.75 Å². The molecule has 2 aliphatic rings. The maximum absolute atomic E-state index is 12.9. The summed E-state index contributed by atoms with van der Waals surface area (Å²) >= 11 is 1.38. The Balaban J connectivity index is 1.70. The van der Waals surface area contributed by atoms with Gasteiger partial charge >= 0.3 is 11.9 Å². The van der Waals surface area contributed by atoms with E-state index in [1.54, 1.807) is 24.3 Å². The number of hydrogen-bond donors (Lipinski definition) is 1. The number of nitrogens with one attached hydrogen (secondary N) is 1. The van der Waals surface area contributed by atoms with Gasteiger partial charge in [0.25, 0.3) is 11.8 Å². The van der Waals surface area contributed by atoms with E-state index in [9.17, 15) is 19.2 Å². The molecule has 0 saturated carbocycles. The number of ether oxygens (including phenoxy) is 2. The zero-order valence-electron chi connectivity index (χ0n) is 18.4. The Kier molecular flexibility index (Phi) is 7.29. The third-order valence-corrected chi connectivity index (χ3v) is 6.66. The van der Waals surface area contributed by atoms with Gasteiger partial charge in [0, 0.05) is 18.2 Å². The van der Waals surface area contributed by atoms with E-state index in [-0.39, 0.29) is 18.9 Å². The molecule has 0 aliphatic carbocycles. The molecule has 172 valence electrons. The lowest BCUT2D eigenvalue weighted by molar-refractivity contribution is -0.150. The van der Waals surface area contributed by atoms with Crippen LogP contribution in [0.4, 0.5) is 0 Å². The van der Waals surface area contributed by atoms with Crippen LogP contribution in [0.3, 0.4) is 0 Å². The highest BCUT2D eigenvalue weighted by atomic mass is 32.2. The summed E-state index contributed by atoms with van der Waals surface area (Å²) in [6, 6.07) is 8.10. The van der Waals surface area contributed by atoms with Gasteiger partial charge in [0.05, 0.1) is 0 Å². The Labute approximate surface area is 191 Å². The number of nitrogens with zero attached hydrogens (tertiary/aromatic N) is 1. The molecule has 1 aromatic rings. The zero-order chi connectivity index (χ0) is 23.5. The van der Waals surface area contributed by atoms with Crippen LogP contribution in [-0.4, -0.2) is 67.4 Å². The van der Waals surface area contributed by atoms with Crippen LogP contribution >= 0.6 is 11.8 Å². The highest BCUT2D eigenvalue weighted by Crippen LogP contribution is 2.41. The van der Waals surface area contributed by atoms with Crippen LogP contribution in [0.1, 0.15) is 6.92 Å². The number of thioether (sulfide) groups is 1. The number of amides is 2. The lowest BCUT2D eigenvalue weighted by Crippen LogP contribution is -2.71. The van der Waals surface area contributed by atoms with Crippen molar-refractivity contribution in [2.45, 2.75) is 38.0 Å². The zero-order valence-corrected chi connectivity index (χ0v) is 20.2. The molecule has 0 aromatic heterocycles. The van der Waals surface area contributed by atoms with Crippen molar-refractivity contribution in [1.29, 1.82) is 0 Å². The first-order valence-electron chi connectivity index (χ1n) is 10.1. The van der Waals surface area contributed by atoms with Crippen molar-refractivity contribution < 1.29 is 33.1 Å². The summed E-state index contributed by atoms with van der Waals surface area (Å²) in [7, 11) is -2.24. The molecule has 9 nitrogen and oxygen atoms in total. The lowest BCUT2D eigenvalue weighted by Gasteiger charge is -2.49. The molecule has 1 saturated heterocycles. The summed E-state index contributed by atoms with van der Waals surface area (Å²) in [6.07, 6.45) is 0. The largest absolute Gasteiger partial charge is 0.515 e. The number of carbonyl (C=O) groups excluding carboxylic acids is 4. The number of β-lactam (4-membered cyclic amide) rings is 1. The maximum Gasteiger partial charge on any atom is 0.341 e. The molecule has 0 spiro atoms. The fraction of sp³-hybridized carbons (Fsp3) is 0.429. The standard InChI is InChI=1S/C21H26N2O7SSi/c1-13(24)28-10-14-12-31-20-17(22-16(25)11-29-15-8-6-5-7-9-15)19(26)23(20)18(14)21(27)30-32(2,3)4/h5-9,17,20H,10-12H2,1-4H3,(H,22,25)/t17?,20-/m0/s1. The smallest absolute Gasteiger partial charge is 0.341 e. The van der Waals surface area contributed by atoms with Crippen molar-refractivity contribution >= 4 is 43.8 Å². The number of carbonyl (C=O) groups is 4. The fourth-order valence-corrected chi connectivity index (χ4v) is 5.16. The molecule has 0 radical (unpaired) electrons. The van der Waals surface area contributed by atoms with E-state index in [4.69, 9.17) is 13.9 Å². The van der Waals surface area contributed by atoms with Gasteiger partial charge in [-0.3, -0.25) is 19.3 Å². The van der Waals surface area contributed by atoms with Crippen molar-refractivity contribution in [1.82, 2.24) is 10.2 Å². The van der Waals surface area contributed by atoms with Gasteiger partial charge in [-0.1, -0.05) is 18.2 Å². The summed E-state index contributed by atoms with van der Waals surface area (Å²) in [6.45, 7) is 6.53. The minimum absolute atomic E-state index is 0.100. The van der Waals surface area contributed by atoms with Crippen molar-refractivity contribution in [3.63, 3.8) is 0 Å². The van der Waals surface area contributed by atoms with E-state index < -0.39 is 43.5 Å². The number of fused-ring (bicyclic) bond motifs is 1. The molecule has 2 atom stereocenters. The highest BCUT2D eigenvalue weighted by Gasteiger charge is 2.54. The van der Waals surface area contributed by atoms with Gasteiger partial charge in [0.1, 0.15) is 29.5 Å². The lowest BCUT2D eigenvalue weighted by atomic mass is 10.0. The van der Waals surface area contributed by atoms with Crippen LogP contribution in [0, 0.1) is 0 Å².